The minimum atomic E-state index is 0.392. The van der Waals surface area contributed by atoms with Crippen molar-refractivity contribution in [3.63, 3.8) is 0 Å². The molecule has 0 radical (unpaired) electrons. The molecule has 0 amide bonds. The maximum atomic E-state index is 5.48. The fraction of sp³-hybridized carbons (Fsp3) is 0.556. The van der Waals surface area contributed by atoms with E-state index in [4.69, 9.17) is 10.5 Å². The SMILES string of the molecule is COc1ccc(C#CCN)cc1CN(C)CC1CCCC1. The van der Waals surface area contributed by atoms with Crippen LogP contribution in [-0.2, 0) is 6.54 Å². The zero-order chi connectivity index (χ0) is 15.1. The second kappa shape index (κ2) is 8.07. The summed E-state index contributed by atoms with van der Waals surface area (Å²) in [6.07, 6.45) is 5.55. The van der Waals surface area contributed by atoms with E-state index in [0.29, 0.717) is 6.54 Å². The maximum absolute atomic E-state index is 5.48. The van der Waals surface area contributed by atoms with Gasteiger partial charge < -0.3 is 15.4 Å². The van der Waals surface area contributed by atoms with Crippen molar-refractivity contribution < 1.29 is 4.74 Å². The molecule has 0 saturated heterocycles. The summed E-state index contributed by atoms with van der Waals surface area (Å²) in [6, 6.07) is 6.11. The van der Waals surface area contributed by atoms with Crippen molar-refractivity contribution in [2.75, 3.05) is 27.2 Å². The molecule has 2 rings (SSSR count). The molecule has 1 aromatic carbocycles. The Kier molecular flexibility index (Phi) is 6.10. The van der Waals surface area contributed by atoms with E-state index in [1.807, 2.05) is 12.1 Å². The van der Waals surface area contributed by atoms with Gasteiger partial charge >= 0.3 is 0 Å². The molecule has 0 heterocycles. The van der Waals surface area contributed by atoms with Gasteiger partial charge in [-0.05, 0) is 44.0 Å². The molecule has 1 aliphatic rings. The lowest BCUT2D eigenvalue weighted by Gasteiger charge is -2.22. The number of benzene rings is 1. The van der Waals surface area contributed by atoms with E-state index in [-0.39, 0.29) is 0 Å². The van der Waals surface area contributed by atoms with Gasteiger partial charge in [0.15, 0.2) is 0 Å². The minimum Gasteiger partial charge on any atom is -0.496 e. The van der Waals surface area contributed by atoms with Crippen LogP contribution >= 0.6 is 0 Å². The second-order valence-corrected chi connectivity index (χ2v) is 5.88. The van der Waals surface area contributed by atoms with E-state index in [2.05, 4.69) is 29.9 Å². The smallest absolute Gasteiger partial charge is 0.123 e. The predicted octanol–water partition coefficient (Wildman–Crippen LogP) is 2.63. The highest BCUT2D eigenvalue weighted by atomic mass is 16.5. The van der Waals surface area contributed by atoms with Gasteiger partial charge in [-0.15, -0.1) is 0 Å². The van der Waals surface area contributed by atoms with Crippen molar-refractivity contribution in [3.8, 4) is 17.6 Å². The van der Waals surface area contributed by atoms with Gasteiger partial charge in [0.1, 0.15) is 5.75 Å². The third-order valence-corrected chi connectivity index (χ3v) is 4.10. The van der Waals surface area contributed by atoms with Crippen LogP contribution in [-0.4, -0.2) is 32.1 Å². The van der Waals surface area contributed by atoms with E-state index in [9.17, 15) is 0 Å². The van der Waals surface area contributed by atoms with Crippen LogP contribution in [0.3, 0.4) is 0 Å². The zero-order valence-corrected chi connectivity index (χ0v) is 13.2. The van der Waals surface area contributed by atoms with Gasteiger partial charge in [-0.2, -0.15) is 0 Å². The highest BCUT2D eigenvalue weighted by Gasteiger charge is 2.17. The number of ether oxygens (including phenoxy) is 1. The largest absolute Gasteiger partial charge is 0.496 e. The Morgan fingerprint density at radius 2 is 2.10 bits per heavy atom. The van der Waals surface area contributed by atoms with Crippen molar-refractivity contribution in [2.24, 2.45) is 11.7 Å². The van der Waals surface area contributed by atoms with Crippen LogP contribution in [0.1, 0.15) is 36.8 Å². The molecular formula is C18H26N2O. The van der Waals surface area contributed by atoms with E-state index in [1.54, 1.807) is 7.11 Å². The quantitative estimate of drug-likeness (QED) is 0.846. The summed E-state index contributed by atoms with van der Waals surface area (Å²) in [7, 11) is 3.91. The average Bonchev–Trinajstić information content (AvgIpc) is 2.98. The standard InChI is InChI=1S/C18H26N2O/c1-20(13-16-6-3-4-7-16)14-17-12-15(8-5-11-19)9-10-18(17)21-2/h9-10,12,16H,3-4,6-7,11,13-14,19H2,1-2H3. The number of rotatable bonds is 5. The molecule has 1 aromatic rings. The molecule has 1 saturated carbocycles. The van der Waals surface area contributed by atoms with E-state index < -0.39 is 0 Å². The number of methoxy groups -OCH3 is 1. The lowest BCUT2D eigenvalue weighted by Crippen LogP contribution is -2.24. The lowest BCUT2D eigenvalue weighted by atomic mass is 10.1. The third kappa shape index (κ3) is 4.77. The summed E-state index contributed by atoms with van der Waals surface area (Å²) >= 11 is 0. The Morgan fingerprint density at radius 3 is 2.76 bits per heavy atom. The van der Waals surface area contributed by atoms with Crippen LogP contribution in [0.15, 0.2) is 18.2 Å². The Bertz CT molecular complexity index is 510. The lowest BCUT2D eigenvalue weighted by molar-refractivity contribution is 0.267. The zero-order valence-electron chi connectivity index (χ0n) is 13.2. The van der Waals surface area contributed by atoms with Gasteiger partial charge in [-0.3, -0.25) is 0 Å². The molecule has 0 atom stereocenters. The molecule has 0 unspecified atom stereocenters. The Morgan fingerprint density at radius 1 is 1.33 bits per heavy atom. The minimum absolute atomic E-state index is 0.392. The van der Waals surface area contributed by atoms with E-state index in [0.717, 1.165) is 23.8 Å². The molecule has 1 fully saturated rings. The Labute approximate surface area is 128 Å². The highest BCUT2D eigenvalue weighted by molar-refractivity contribution is 5.44. The van der Waals surface area contributed by atoms with Gasteiger partial charge in [0.25, 0.3) is 0 Å². The summed E-state index contributed by atoms with van der Waals surface area (Å²) in [5, 5.41) is 0. The van der Waals surface area contributed by atoms with E-state index in [1.165, 1.54) is 37.8 Å². The summed E-state index contributed by atoms with van der Waals surface area (Å²) in [5.41, 5.74) is 7.64. The topological polar surface area (TPSA) is 38.5 Å². The molecule has 2 N–H and O–H groups in total. The number of nitrogens with two attached hydrogens (primary N) is 1. The van der Waals surface area contributed by atoms with Crippen molar-refractivity contribution in [1.82, 2.24) is 4.90 Å². The number of nitrogens with zero attached hydrogens (tertiary/aromatic N) is 1. The van der Waals surface area contributed by atoms with Crippen LogP contribution in [0, 0.1) is 17.8 Å². The summed E-state index contributed by atoms with van der Waals surface area (Å²) < 4.78 is 5.48. The molecule has 114 valence electrons. The molecule has 3 heteroatoms. The van der Waals surface area contributed by atoms with Crippen LogP contribution in [0.5, 0.6) is 5.75 Å². The number of hydrogen-bond acceptors (Lipinski definition) is 3. The molecule has 21 heavy (non-hydrogen) atoms. The predicted molar refractivity (Wildman–Crippen MR) is 87.2 cm³/mol. The monoisotopic (exact) mass is 286 g/mol. The first-order chi connectivity index (χ1) is 10.2. The Hall–Kier alpha value is -1.50. The molecule has 1 aliphatic carbocycles. The van der Waals surface area contributed by atoms with Crippen LogP contribution in [0.2, 0.25) is 0 Å². The molecule has 0 aromatic heterocycles. The van der Waals surface area contributed by atoms with Gasteiger partial charge in [0.05, 0.1) is 13.7 Å². The molecule has 3 nitrogen and oxygen atoms in total. The van der Waals surface area contributed by atoms with Gasteiger partial charge in [0.2, 0.25) is 0 Å². The summed E-state index contributed by atoms with van der Waals surface area (Å²) in [4.78, 5) is 2.40. The maximum Gasteiger partial charge on any atom is 0.123 e. The summed E-state index contributed by atoms with van der Waals surface area (Å²) in [5.74, 6) is 7.80. The first-order valence-corrected chi connectivity index (χ1v) is 7.77. The normalized spacial score (nSPS) is 15.0. The first kappa shape index (κ1) is 15.9. The number of hydrogen-bond donors (Lipinski definition) is 1. The van der Waals surface area contributed by atoms with Crippen LogP contribution < -0.4 is 10.5 Å². The van der Waals surface area contributed by atoms with Crippen LogP contribution in [0.4, 0.5) is 0 Å². The third-order valence-electron chi connectivity index (χ3n) is 4.10. The van der Waals surface area contributed by atoms with Crippen molar-refractivity contribution in [3.05, 3.63) is 29.3 Å². The van der Waals surface area contributed by atoms with Crippen LogP contribution in [0.25, 0.3) is 0 Å². The fourth-order valence-electron chi connectivity index (χ4n) is 3.12. The van der Waals surface area contributed by atoms with E-state index >= 15 is 0 Å². The average molecular weight is 286 g/mol. The first-order valence-electron chi connectivity index (χ1n) is 7.77. The van der Waals surface area contributed by atoms with Crippen molar-refractivity contribution in [2.45, 2.75) is 32.2 Å². The summed E-state index contributed by atoms with van der Waals surface area (Å²) in [6.45, 7) is 2.46. The van der Waals surface area contributed by atoms with Gasteiger partial charge in [-0.25, -0.2) is 0 Å². The Balaban J connectivity index is 2.05. The second-order valence-electron chi connectivity index (χ2n) is 5.88. The highest BCUT2D eigenvalue weighted by Crippen LogP contribution is 2.27. The van der Waals surface area contributed by atoms with Crippen molar-refractivity contribution >= 4 is 0 Å². The fourth-order valence-corrected chi connectivity index (χ4v) is 3.12. The molecular weight excluding hydrogens is 260 g/mol. The van der Waals surface area contributed by atoms with Gasteiger partial charge in [-0.1, -0.05) is 24.7 Å². The molecule has 0 aliphatic heterocycles. The molecule has 0 spiro atoms. The molecule has 0 bridgehead atoms. The van der Waals surface area contributed by atoms with Gasteiger partial charge in [0, 0.05) is 24.2 Å². The van der Waals surface area contributed by atoms with Crippen molar-refractivity contribution in [1.29, 1.82) is 0 Å².